The Labute approximate surface area is 57.0 Å². The van der Waals surface area contributed by atoms with E-state index in [0.717, 1.165) is 0 Å². The van der Waals surface area contributed by atoms with Crippen LogP contribution in [0.1, 0.15) is 19.8 Å². The maximum absolute atomic E-state index is 9.77. The summed E-state index contributed by atoms with van der Waals surface area (Å²) in [4.78, 5) is 10.0. The highest BCUT2D eigenvalue weighted by Crippen LogP contribution is 2.04. The first kappa shape index (κ1) is 7.95. The van der Waals surface area contributed by atoms with Gasteiger partial charge in [0.2, 0.25) is 0 Å². The Hall–Kier alpha value is -0.0500. The summed E-state index contributed by atoms with van der Waals surface area (Å²) in [6, 6.07) is 0. The number of hydrogen-bond donors (Lipinski definition) is 0. The Morgan fingerprint density at radius 2 is 2.38 bits per heavy atom. The monoisotopic (exact) mass is 179 g/mol. The van der Waals surface area contributed by atoms with Crippen molar-refractivity contribution < 1.29 is 9.90 Å². The van der Waals surface area contributed by atoms with E-state index in [9.17, 15) is 9.90 Å². The van der Waals surface area contributed by atoms with Gasteiger partial charge in [0.15, 0.2) is 0 Å². The lowest BCUT2D eigenvalue weighted by Crippen LogP contribution is -2.22. The van der Waals surface area contributed by atoms with Crippen molar-refractivity contribution in [2.45, 2.75) is 24.6 Å². The Morgan fingerprint density at radius 3 is 2.50 bits per heavy atom. The Bertz CT molecular complexity index is 80.5. The van der Waals surface area contributed by atoms with Crippen LogP contribution in [0, 0.1) is 0 Å². The van der Waals surface area contributed by atoms with Crippen molar-refractivity contribution in [1.82, 2.24) is 0 Å². The summed E-state index contributed by atoms with van der Waals surface area (Å²) in [6.45, 7) is 1.91. The minimum Gasteiger partial charge on any atom is -0.550 e. The first-order chi connectivity index (χ1) is 3.63. The Balaban J connectivity index is 3.05. The zero-order valence-corrected chi connectivity index (χ0v) is 6.27. The van der Waals surface area contributed by atoms with Crippen LogP contribution in [0.25, 0.3) is 0 Å². The number of carboxylic acids is 1. The molecule has 0 aromatic rings. The third-order valence-corrected chi connectivity index (χ3v) is 1.20. The number of aliphatic carboxylic acids is 1. The quantitative estimate of drug-likeness (QED) is 0.586. The molecule has 2 nitrogen and oxygen atoms in total. The second-order valence-corrected chi connectivity index (χ2v) is 3.25. The standard InChI is InChI=1S/C5H9BrO2/c1-4(6)2-3-5(7)8/h4H,2-3H2,1H3,(H,7,8)/p-1. The van der Waals surface area contributed by atoms with Crippen molar-refractivity contribution >= 4 is 21.9 Å². The van der Waals surface area contributed by atoms with Crippen LogP contribution in [0.5, 0.6) is 0 Å². The summed E-state index contributed by atoms with van der Waals surface area (Å²) >= 11 is 3.21. The number of carboxylic acid groups (broad SMARTS) is 1. The Morgan fingerprint density at radius 1 is 1.88 bits per heavy atom. The second kappa shape index (κ2) is 3.89. The molecule has 0 amide bonds. The summed E-state index contributed by atoms with van der Waals surface area (Å²) < 4.78 is 0. The van der Waals surface area contributed by atoms with Gasteiger partial charge in [0, 0.05) is 10.8 Å². The summed E-state index contributed by atoms with van der Waals surface area (Å²) in [5.74, 6) is -0.976. The van der Waals surface area contributed by atoms with Gasteiger partial charge in [-0.2, -0.15) is 0 Å². The van der Waals surface area contributed by atoms with E-state index >= 15 is 0 Å². The van der Waals surface area contributed by atoms with E-state index in [1.165, 1.54) is 0 Å². The topological polar surface area (TPSA) is 40.1 Å². The van der Waals surface area contributed by atoms with Crippen LogP contribution in [0.15, 0.2) is 0 Å². The van der Waals surface area contributed by atoms with Crippen LogP contribution in [0.3, 0.4) is 0 Å². The maximum atomic E-state index is 9.77. The minimum absolute atomic E-state index is 0.145. The molecule has 48 valence electrons. The molecule has 0 aliphatic heterocycles. The number of halogens is 1. The molecule has 0 fully saturated rings. The van der Waals surface area contributed by atoms with E-state index in [0.29, 0.717) is 6.42 Å². The molecule has 1 unspecified atom stereocenters. The zero-order valence-electron chi connectivity index (χ0n) is 4.69. The molecule has 0 saturated heterocycles. The molecule has 0 N–H and O–H groups in total. The average Bonchev–Trinajstić information content (AvgIpc) is 1.61. The SMILES string of the molecule is CC(Br)CCC(=O)[O-]. The summed E-state index contributed by atoms with van der Waals surface area (Å²) in [6.07, 6.45) is 0.786. The van der Waals surface area contributed by atoms with Gasteiger partial charge in [-0.05, 0) is 12.8 Å². The van der Waals surface area contributed by atoms with E-state index in [1.54, 1.807) is 0 Å². The van der Waals surface area contributed by atoms with Crippen LogP contribution in [0.4, 0.5) is 0 Å². The van der Waals surface area contributed by atoms with Crippen molar-refractivity contribution in [1.29, 1.82) is 0 Å². The van der Waals surface area contributed by atoms with Gasteiger partial charge in [0.1, 0.15) is 0 Å². The predicted octanol–water partition coefficient (Wildman–Crippen LogP) is 0.300. The molecule has 0 rings (SSSR count). The normalized spacial score (nSPS) is 13.2. The highest BCUT2D eigenvalue weighted by molar-refractivity contribution is 9.09. The molecule has 8 heavy (non-hydrogen) atoms. The van der Waals surface area contributed by atoms with Crippen molar-refractivity contribution in [2.24, 2.45) is 0 Å². The fourth-order valence-corrected chi connectivity index (χ4v) is 0.546. The van der Waals surface area contributed by atoms with Gasteiger partial charge in [0.25, 0.3) is 0 Å². The molecule has 0 aliphatic carbocycles. The van der Waals surface area contributed by atoms with E-state index < -0.39 is 5.97 Å². The van der Waals surface area contributed by atoms with Gasteiger partial charge in [-0.15, -0.1) is 0 Å². The number of rotatable bonds is 3. The Kier molecular flexibility index (Phi) is 3.87. The number of carbonyl (C=O) groups excluding carboxylic acids is 1. The molecule has 0 aromatic heterocycles. The van der Waals surface area contributed by atoms with Crippen molar-refractivity contribution in [2.75, 3.05) is 0 Å². The van der Waals surface area contributed by atoms with Crippen LogP contribution >= 0.6 is 15.9 Å². The highest BCUT2D eigenvalue weighted by atomic mass is 79.9. The zero-order chi connectivity index (χ0) is 6.57. The number of hydrogen-bond acceptors (Lipinski definition) is 2. The molecule has 0 saturated carbocycles. The first-order valence-electron chi connectivity index (χ1n) is 2.47. The van der Waals surface area contributed by atoms with E-state index in [4.69, 9.17) is 0 Å². The lowest BCUT2D eigenvalue weighted by molar-refractivity contribution is -0.305. The maximum Gasteiger partial charge on any atom is 0.0414 e. The smallest absolute Gasteiger partial charge is 0.0414 e. The molecule has 0 aliphatic rings. The van der Waals surface area contributed by atoms with Gasteiger partial charge in [-0.3, -0.25) is 0 Å². The fraction of sp³-hybridized carbons (Fsp3) is 0.800. The van der Waals surface area contributed by atoms with Crippen molar-refractivity contribution in [3.05, 3.63) is 0 Å². The molecule has 0 bridgehead atoms. The van der Waals surface area contributed by atoms with Gasteiger partial charge in [-0.1, -0.05) is 22.9 Å². The van der Waals surface area contributed by atoms with E-state index in [2.05, 4.69) is 15.9 Å². The third kappa shape index (κ3) is 5.95. The van der Waals surface area contributed by atoms with Gasteiger partial charge >= 0.3 is 0 Å². The lowest BCUT2D eigenvalue weighted by Gasteiger charge is -2.01. The van der Waals surface area contributed by atoms with Gasteiger partial charge in [0.05, 0.1) is 0 Å². The molecule has 0 heterocycles. The van der Waals surface area contributed by atoms with Crippen LogP contribution in [-0.2, 0) is 4.79 Å². The highest BCUT2D eigenvalue weighted by Gasteiger charge is 1.93. The summed E-state index contributed by atoms with van der Waals surface area (Å²) in [5, 5.41) is 9.77. The summed E-state index contributed by atoms with van der Waals surface area (Å²) in [7, 11) is 0. The summed E-state index contributed by atoms with van der Waals surface area (Å²) in [5.41, 5.74) is 0. The van der Waals surface area contributed by atoms with Crippen LogP contribution < -0.4 is 5.11 Å². The fourth-order valence-electron chi connectivity index (χ4n) is 0.317. The third-order valence-electron chi connectivity index (χ3n) is 0.746. The molecule has 0 radical (unpaired) electrons. The lowest BCUT2D eigenvalue weighted by atomic mass is 10.3. The number of carbonyl (C=O) groups is 1. The van der Waals surface area contributed by atoms with Crippen molar-refractivity contribution in [3.8, 4) is 0 Å². The van der Waals surface area contributed by atoms with Crippen molar-refractivity contribution in [3.63, 3.8) is 0 Å². The molecule has 1 atom stereocenters. The van der Waals surface area contributed by atoms with Gasteiger partial charge in [-0.25, -0.2) is 0 Å². The van der Waals surface area contributed by atoms with E-state index in [1.807, 2.05) is 6.92 Å². The molecular weight excluding hydrogens is 172 g/mol. The van der Waals surface area contributed by atoms with Crippen LogP contribution in [-0.4, -0.2) is 10.8 Å². The van der Waals surface area contributed by atoms with Gasteiger partial charge < -0.3 is 9.90 Å². The molecule has 0 spiro atoms. The van der Waals surface area contributed by atoms with E-state index in [-0.39, 0.29) is 11.2 Å². The molecule has 3 heteroatoms. The molecule has 0 aromatic carbocycles. The predicted molar refractivity (Wildman–Crippen MR) is 32.6 cm³/mol. The van der Waals surface area contributed by atoms with Crippen LogP contribution in [0.2, 0.25) is 0 Å². The molecular formula is C5H8BrO2-. The number of alkyl halides is 1. The minimum atomic E-state index is -0.976. The first-order valence-corrected chi connectivity index (χ1v) is 3.38. The average molecular weight is 180 g/mol. The second-order valence-electron chi connectivity index (χ2n) is 1.69. The largest absolute Gasteiger partial charge is 0.550 e.